The van der Waals surface area contributed by atoms with Crippen molar-refractivity contribution >= 4 is 22.6 Å². The molecule has 0 radical (unpaired) electrons. The van der Waals surface area contributed by atoms with E-state index in [1.807, 2.05) is 47.3 Å². The third-order valence-electron chi connectivity index (χ3n) is 7.18. The molecule has 4 aliphatic rings. The van der Waals surface area contributed by atoms with E-state index < -0.39 is 0 Å². The molecule has 2 N–H and O–H groups in total. The van der Waals surface area contributed by atoms with Crippen LogP contribution in [0.15, 0.2) is 54.7 Å². The first-order chi connectivity index (χ1) is 14.3. The Kier molecular flexibility index (Phi) is 3.87. The first-order valence-corrected chi connectivity index (χ1v) is 10.6. The minimum Gasteiger partial charge on any atom is -0.321 e. The summed E-state index contributed by atoms with van der Waals surface area (Å²) in [5, 5.41) is 12.3. The number of carbonyl (C=O) groups excluding carboxylic acids is 1. The Hall–Kier alpha value is -2.86. The lowest BCUT2D eigenvalue weighted by Crippen LogP contribution is -2.59. The smallest absolute Gasteiger partial charge is 0.321 e. The number of nitrogens with zero attached hydrogens (tertiary/aromatic N) is 3. The summed E-state index contributed by atoms with van der Waals surface area (Å²) in [6.45, 7) is 3.09. The van der Waals surface area contributed by atoms with E-state index >= 15 is 0 Å². The second kappa shape index (κ2) is 6.59. The number of hydrogen-bond acceptors (Lipinski definition) is 3. The van der Waals surface area contributed by atoms with Crippen LogP contribution in [0.5, 0.6) is 0 Å². The number of urea groups is 1. The molecule has 2 amide bonds. The Balaban J connectivity index is 1.19. The van der Waals surface area contributed by atoms with Crippen LogP contribution in [-0.4, -0.2) is 46.4 Å². The van der Waals surface area contributed by atoms with Crippen LogP contribution in [0.25, 0.3) is 16.6 Å². The van der Waals surface area contributed by atoms with Gasteiger partial charge in [0.2, 0.25) is 0 Å². The Labute approximate surface area is 169 Å². The van der Waals surface area contributed by atoms with Crippen LogP contribution in [0.2, 0.25) is 0 Å². The van der Waals surface area contributed by atoms with E-state index in [2.05, 4.69) is 32.8 Å². The number of piperidine rings is 2. The first-order valence-electron chi connectivity index (χ1n) is 10.6. The molecule has 3 aromatic rings. The number of hydrogen-bond donors (Lipinski definition) is 2. The highest BCUT2D eigenvalue weighted by atomic mass is 16.2. The molecule has 1 saturated carbocycles. The standard InChI is InChI=1S/C23H25N5O/c29-23(27-14-16-5-10-22(27)20-13-24-12-19(16)20)26-17-6-8-18(9-7-17)28-21-4-2-1-3-15(21)11-25-28/h1-4,6-9,11,16,19-20,22,24H,5,10,12-14H2,(H,26,29). The zero-order chi connectivity index (χ0) is 19.4. The van der Waals surface area contributed by atoms with Crippen molar-refractivity contribution in [2.45, 2.75) is 18.9 Å². The van der Waals surface area contributed by atoms with E-state index in [9.17, 15) is 4.79 Å². The molecule has 4 fully saturated rings. The summed E-state index contributed by atoms with van der Waals surface area (Å²) < 4.78 is 1.93. The summed E-state index contributed by atoms with van der Waals surface area (Å²) in [6, 6.07) is 16.5. The second-order valence-electron chi connectivity index (χ2n) is 8.64. The molecule has 7 rings (SSSR count). The first kappa shape index (κ1) is 17.0. The fourth-order valence-electron chi connectivity index (χ4n) is 5.76. The molecular formula is C23H25N5O. The summed E-state index contributed by atoms with van der Waals surface area (Å²) in [4.78, 5) is 15.1. The SMILES string of the molecule is O=C(Nc1ccc(-n2ncc3ccccc32)cc1)N1CC2CCC1C1CNCC21. The molecule has 1 aromatic heterocycles. The van der Waals surface area contributed by atoms with Crippen LogP contribution in [0.1, 0.15) is 12.8 Å². The summed E-state index contributed by atoms with van der Waals surface area (Å²) in [5.74, 6) is 2.05. The van der Waals surface area contributed by atoms with Crippen LogP contribution in [0.4, 0.5) is 10.5 Å². The fourth-order valence-corrected chi connectivity index (χ4v) is 5.76. The van der Waals surface area contributed by atoms with Crippen molar-refractivity contribution in [3.8, 4) is 5.69 Å². The van der Waals surface area contributed by atoms with Crippen LogP contribution in [0, 0.1) is 17.8 Å². The number of nitrogens with one attached hydrogen (secondary N) is 2. The van der Waals surface area contributed by atoms with Gasteiger partial charge in [-0.15, -0.1) is 0 Å². The van der Waals surface area contributed by atoms with Crippen LogP contribution in [0.3, 0.4) is 0 Å². The third-order valence-corrected chi connectivity index (χ3v) is 7.18. The van der Waals surface area contributed by atoms with Gasteiger partial charge in [-0.3, -0.25) is 0 Å². The summed E-state index contributed by atoms with van der Waals surface area (Å²) in [5.41, 5.74) is 2.90. The Morgan fingerprint density at radius 3 is 2.76 bits per heavy atom. The van der Waals surface area contributed by atoms with Crippen molar-refractivity contribution in [1.29, 1.82) is 0 Å². The number of anilines is 1. The molecule has 4 atom stereocenters. The predicted molar refractivity (Wildman–Crippen MR) is 113 cm³/mol. The summed E-state index contributed by atoms with van der Waals surface area (Å²) >= 11 is 0. The van der Waals surface area contributed by atoms with Crippen molar-refractivity contribution in [2.24, 2.45) is 17.8 Å². The van der Waals surface area contributed by atoms with E-state index in [4.69, 9.17) is 0 Å². The minimum absolute atomic E-state index is 0.0438. The number of amides is 2. The van der Waals surface area contributed by atoms with Gasteiger partial charge in [0.15, 0.2) is 0 Å². The molecule has 4 unspecified atom stereocenters. The highest BCUT2D eigenvalue weighted by molar-refractivity contribution is 5.90. The van der Waals surface area contributed by atoms with Crippen LogP contribution in [-0.2, 0) is 0 Å². The lowest BCUT2D eigenvalue weighted by Gasteiger charge is -2.51. The molecule has 148 valence electrons. The molecular weight excluding hydrogens is 362 g/mol. The zero-order valence-electron chi connectivity index (χ0n) is 16.3. The molecule has 2 bridgehead atoms. The number of aromatic nitrogens is 2. The van der Waals surface area contributed by atoms with Gasteiger partial charge in [0.25, 0.3) is 0 Å². The van der Waals surface area contributed by atoms with Crippen molar-refractivity contribution in [3.63, 3.8) is 0 Å². The third kappa shape index (κ3) is 2.74. The van der Waals surface area contributed by atoms with Gasteiger partial charge in [-0.05, 0) is 67.5 Å². The molecule has 2 aromatic carbocycles. The van der Waals surface area contributed by atoms with Gasteiger partial charge in [0.1, 0.15) is 0 Å². The van der Waals surface area contributed by atoms with Crippen molar-refractivity contribution in [2.75, 3.05) is 25.0 Å². The largest absolute Gasteiger partial charge is 0.322 e. The highest BCUT2D eigenvalue weighted by Gasteiger charge is 2.50. The maximum Gasteiger partial charge on any atom is 0.322 e. The predicted octanol–water partition coefficient (Wildman–Crippen LogP) is 3.49. The van der Waals surface area contributed by atoms with E-state index in [0.717, 1.165) is 54.3 Å². The van der Waals surface area contributed by atoms with Gasteiger partial charge in [-0.25, -0.2) is 9.48 Å². The van der Waals surface area contributed by atoms with Crippen LogP contribution >= 0.6 is 0 Å². The lowest BCUT2D eigenvalue weighted by molar-refractivity contribution is 0.00422. The van der Waals surface area contributed by atoms with Crippen molar-refractivity contribution < 1.29 is 4.79 Å². The highest BCUT2D eigenvalue weighted by Crippen LogP contribution is 2.45. The number of fused-ring (bicyclic) bond motifs is 3. The van der Waals surface area contributed by atoms with Crippen molar-refractivity contribution in [1.82, 2.24) is 20.0 Å². The maximum atomic E-state index is 13.0. The molecule has 3 saturated heterocycles. The number of benzene rings is 2. The molecule has 6 heteroatoms. The van der Waals surface area contributed by atoms with Crippen LogP contribution < -0.4 is 10.6 Å². The van der Waals surface area contributed by atoms with E-state index in [1.165, 1.54) is 6.42 Å². The van der Waals surface area contributed by atoms with Crippen molar-refractivity contribution in [3.05, 3.63) is 54.7 Å². The second-order valence-corrected chi connectivity index (χ2v) is 8.64. The lowest BCUT2D eigenvalue weighted by atomic mass is 9.67. The average molecular weight is 387 g/mol. The van der Waals surface area contributed by atoms with Gasteiger partial charge in [0.05, 0.1) is 17.4 Å². The Morgan fingerprint density at radius 1 is 1.03 bits per heavy atom. The Bertz CT molecular complexity index is 1060. The minimum atomic E-state index is 0.0438. The quantitative estimate of drug-likeness (QED) is 0.708. The van der Waals surface area contributed by atoms with Gasteiger partial charge >= 0.3 is 6.03 Å². The molecule has 4 heterocycles. The summed E-state index contributed by atoms with van der Waals surface area (Å²) in [6.07, 6.45) is 4.29. The molecule has 0 spiro atoms. The molecule has 6 nitrogen and oxygen atoms in total. The molecule has 29 heavy (non-hydrogen) atoms. The number of carbonyl (C=O) groups is 1. The van der Waals surface area contributed by atoms with Gasteiger partial charge < -0.3 is 15.5 Å². The normalized spacial score (nSPS) is 27.9. The fraction of sp³-hybridized carbons (Fsp3) is 0.391. The van der Waals surface area contributed by atoms with E-state index in [-0.39, 0.29) is 6.03 Å². The van der Waals surface area contributed by atoms with Gasteiger partial charge in [0, 0.05) is 30.2 Å². The topological polar surface area (TPSA) is 62.2 Å². The zero-order valence-corrected chi connectivity index (χ0v) is 16.3. The van der Waals surface area contributed by atoms with E-state index in [0.29, 0.717) is 17.9 Å². The average Bonchev–Trinajstić information content (AvgIpc) is 3.43. The van der Waals surface area contributed by atoms with Gasteiger partial charge in [-0.2, -0.15) is 5.10 Å². The molecule has 1 aliphatic carbocycles. The van der Waals surface area contributed by atoms with E-state index in [1.54, 1.807) is 0 Å². The maximum absolute atomic E-state index is 13.0. The Morgan fingerprint density at radius 2 is 1.86 bits per heavy atom. The number of para-hydroxylation sites is 1. The monoisotopic (exact) mass is 387 g/mol. The molecule has 3 aliphatic heterocycles. The summed E-state index contributed by atoms with van der Waals surface area (Å²) in [7, 11) is 0. The number of rotatable bonds is 2. The van der Waals surface area contributed by atoms with Gasteiger partial charge in [-0.1, -0.05) is 18.2 Å².